The van der Waals surface area contributed by atoms with Crippen LogP contribution in [0.4, 0.5) is 4.39 Å². The van der Waals surface area contributed by atoms with Crippen LogP contribution in [0.15, 0.2) is 78.6 Å². The van der Waals surface area contributed by atoms with Gasteiger partial charge in [0.15, 0.2) is 0 Å². The Labute approximate surface area is 186 Å². The molecule has 1 aromatic carbocycles. The van der Waals surface area contributed by atoms with E-state index >= 15 is 0 Å². The van der Waals surface area contributed by atoms with E-state index < -0.39 is 6.04 Å². The number of piperazine rings is 1. The van der Waals surface area contributed by atoms with Crippen LogP contribution >= 0.6 is 0 Å². The summed E-state index contributed by atoms with van der Waals surface area (Å²) >= 11 is 0. The Morgan fingerprint density at radius 3 is 2.61 bits per heavy atom. The summed E-state index contributed by atoms with van der Waals surface area (Å²) in [6.45, 7) is 14.9. The first-order valence-corrected chi connectivity index (χ1v) is 10.7. The van der Waals surface area contributed by atoms with Crippen molar-refractivity contribution in [1.82, 2.24) is 9.80 Å². The van der Waals surface area contributed by atoms with Crippen LogP contribution in [-0.2, 0) is 11.2 Å². The highest BCUT2D eigenvalue weighted by atomic mass is 19.1. The van der Waals surface area contributed by atoms with E-state index in [1.54, 1.807) is 29.2 Å². The molecule has 1 heterocycles. The molecule has 31 heavy (non-hydrogen) atoms. The average molecular weight is 427 g/mol. The summed E-state index contributed by atoms with van der Waals surface area (Å²) in [5.41, 5.74) is 7.61. The summed E-state index contributed by atoms with van der Waals surface area (Å²) in [7, 11) is 0. The van der Waals surface area contributed by atoms with E-state index in [9.17, 15) is 9.18 Å². The maximum Gasteiger partial charge on any atom is 0.224 e. The molecule has 2 N–H and O–H groups in total. The van der Waals surface area contributed by atoms with Crippen LogP contribution in [0.1, 0.15) is 32.8 Å². The first-order valence-electron chi connectivity index (χ1n) is 10.7. The number of carbonyl (C=O) groups excluding carboxylic acids is 1. The Kier molecular flexibility index (Phi) is 11.8. The van der Waals surface area contributed by atoms with Crippen molar-refractivity contribution in [2.24, 2.45) is 10.7 Å². The van der Waals surface area contributed by atoms with Crippen molar-refractivity contribution in [2.45, 2.75) is 39.7 Å². The van der Waals surface area contributed by atoms with Crippen LogP contribution in [0.3, 0.4) is 0 Å². The summed E-state index contributed by atoms with van der Waals surface area (Å²) in [5, 5.41) is 0. The molecule has 1 aliphatic heterocycles. The molecule has 1 atom stereocenters. The first-order chi connectivity index (χ1) is 15.0. The standard InChI is InChI=1S/C23H29FN4O.C2H6/c1-4-9-20(10-5-2)28-14-13-27(17-22(28)26-6-3)23(29)16-19(25)15-18-11-7-8-12-21(18)24;1-2/h4-12,19H,1,3,13-17,25H2,2H3;1-2H3/b10-5-,20-9+,26-22?;/t19-;/m1./s1. The van der Waals surface area contributed by atoms with Crippen molar-refractivity contribution < 1.29 is 9.18 Å². The number of benzene rings is 1. The number of carbonyl (C=O) groups is 1. The zero-order valence-corrected chi connectivity index (χ0v) is 18.9. The number of amidine groups is 1. The van der Waals surface area contributed by atoms with Gasteiger partial charge in [-0.3, -0.25) is 4.79 Å². The molecule has 0 spiro atoms. The molecule has 1 fully saturated rings. The Bertz CT molecular complexity index is 829. The van der Waals surface area contributed by atoms with Crippen LogP contribution in [0, 0.1) is 5.82 Å². The van der Waals surface area contributed by atoms with E-state index in [0.29, 0.717) is 31.6 Å². The molecular weight excluding hydrogens is 391 g/mol. The second-order valence-electron chi connectivity index (χ2n) is 6.78. The molecular formula is C25H35FN4O. The molecule has 1 amide bonds. The third-order valence-electron chi connectivity index (χ3n) is 4.64. The highest BCUT2D eigenvalue weighted by molar-refractivity contribution is 5.91. The molecule has 1 saturated heterocycles. The van der Waals surface area contributed by atoms with Gasteiger partial charge < -0.3 is 15.5 Å². The largest absolute Gasteiger partial charge is 0.333 e. The topological polar surface area (TPSA) is 61.9 Å². The summed E-state index contributed by atoms with van der Waals surface area (Å²) in [6.07, 6.45) is 9.49. The van der Waals surface area contributed by atoms with E-state index in [4.69, 9.17) is 5.73 Å². The molecule has 1 aliphatic rings. The molecule has 168 valence electrons. The Hall–Kier alpha value is -2.99. The fraction of sp³-hybridized carbons (Fsp3) is 0.360. The maximum absolute atomic E-state index is 13.8. The number of rotatable bonds is 8. The normalized spacial score (nSPS) is 16.7. The van der Waals surface area contributed by atoms with Crippen molar-refractivity contribution in [1.29, 1.82) is 0 Å². The van der Waals surface area contributed by atoms with Crippen LogP contribution in [-0.4, -0.2) is 47.2 Å². The van der Waals surface area contributed by atoms with Crippen LogP contribution in [0.25, 0.3) is 0 Å². The van der Waals surface area contributed by atoms with E-state index in [2.05, 4.69) is 18.2 Å². The number of amides is 1. The van der Waals surface area contributed by atoms with E-state index in [-0.39, 0.29) is 18.1 Å². The number of allylic oxidation sites excluding steroid dienone is 4. The van der Waals surface area contributed by atoms with E-state index in [1.165, 1.54) is 12.3 Å². The van der Waals surface area contributed by atoms with Crippen LogP contribution in [0.5, 0.6) is 0 Å². The van der Waals surface area contributed by atoms with Gasteiger partial charge in [0.1, 0.15) is 11.7 Å². The van der Waals surface area contributed by atoms with Crippen molar-refractivity contribution in [3.05, 3.63) is 85.0 Å². The lowest BCUT2D eigenvalue weighted by Gasteiger charge is -2.37. The molecule has 0 radical (unpaired) electrons. The summed E-state index contributed by atoms with van der Waals surface area (Å²) in [6, 6.07) is 6.06. The lowest BCUT2D eigenvalue weighted by molar-refractivity contribution is -0.131. The molecule has 0 bridgehead atoms. The molecule has 0 unspecified atom stereocenters. The van der Waals surface area contributed by atoms with Crippen molar-refractivity contribution in [3.8, 4) is 0 Å². The predicted molar refractivity (Wildman–Crippen MR) is 128 cm³/mol. The van der Waals surface area contributed by atoms with Gasteiger partial charge in [-0.15, -0.1) is 0 Å². The molecule has 1 aromatic rings. The van der Waals surface area contributed by atoms with Gasteiger partial charge in [0, 0.05) is 37.4 Å². The van der Waals surface area contributed by atoms with Crippen molar-refractivity contribution in [3.63, 3.8) is 0 Å². The molecule has 0 aliphatic carbocycles. The summed E-state index contributed by atoms with van der Waals surface area (Å²) < 4.78 is 13.8. The molecule has 5 nitrogen and oxygen atoms in total. The van der Waals surface area contributed by atoms with E-state index in [1.807, 2.05) is 43.9 Å². The lowest BCUT2D eigenvalue weighted by Crippen LogP contribution is -2.52. The fourth-order valence-electron chi connectivity index (χ4n) is 3.29. The average Bonchev–Trinajstić information content (AvgIpc) is 2.77. The van der Waals surface area contributed by atoms with Gasteiger partial charge in [-0.2, -0.15) is 0 Å². The van der Waals surface area contributed by atoms with Gasteiger partial charge in [0.2, 0.25) is 5.91 Å². The van der Waals surface area contributed by atoms with Gasteiger partial charge in [0.25, 0.3) is 0 Å². The minimum absolute atomic E-state index is 0.0643. The highest BCUT2D eigenvalue weighted by Crippen LogP contribution is 2.16. The third-order valence-corrected chi connectivity index (χ3v) is 4.64. The van der Waals surface area contributed by atoms with Crippen molar-refractivity contribution in [2.75, 3.05) is 19.6 Å². The molecule has 6 heteroatoms. The minimum Gasteiger partial charge on any atom is -0.333 e. The lowest BCUT2D eigenvalue weighted by atomic mass is 10.0. The minimum atomic E-state index is -0.448. The first kappa shape index (κ1) is 26.0. The molecule has 0 saturated carbocycles. The number of hydrogen-bond donors (Lipinski definition) is 1. The Morgan fingerprint density at radius 2 is 2.00 bits per heavy atom. The highest BCUT2D eigenvalue weighted by Gasteiger charge is 2.27. The van der Waals surface area contributed by atoms with Gasteiger partial charge >= 0.3 is 0 Å². The quantitative estimate of drug-likeness (QED) is 0.625. The van der Waals surface area contributed by atoms with Gasteiger partial charge in [0.05, 0.1) is 6.54 Å². The Morgan fingerprint density at radius 1 is 1.29 bits per heavy atom. The predicted octanol–water partition coefficient (Wildman–Crippen LogP) is 4.44. The summed E-state index contributed by atoms with van der Waals surface area (Å²) in [5.74, 6) is 0.369. The fourth-order valence-corrected chi connectivity index (χ4v) is 3.29. The smallest absolute Gasteiger partial charge is 0.224 e. The number of aliphatic imine (C=N–C) groups is 1. The monoisotopic (exact) mass is 426 g/mol. The molecule has 2 rings (SSSR count). The molecule has 0 aromatic heterocycles. The Balaban J connectivity index is 0.00000233. The summed E-state index contributed by atoms with van der Waals surface area (Å²) in [4.78, 5) is 20.9. The van der Waals surface area contributed by atoms with Gasteiger partial charge in [-0.05, 0) is 37.1 Å². The van der Waals surface area contributed by atoms with Crippen molar-refractivity contribution >= 4 is 11.7 Å². The number of hydrogen-bond acceptors (Lipinski definition) is 3. The number of halogens is 1. The van der Waals surface area contributed by atoms with E-state index in [0.717, 1.165) is 11.5 Å². The zero-order valence-electron chi connectivity index (χ0n) is 18.9. The number of nitrogens with two attached hydrogens (primary N) is 1. The second-order valence-corrected chi connectivity index (χ2v) is 6.78. The maximum atomic E-state index is 13.8. The van der Waals surface area contributed by atoms with Crippen LogP contribution in [0.2, 0.25) is 0 Å². The van der Waals surface area contributed by atoms with Gasteiger partial charge in [-0.25, -0.2) is 9.38 Å². The van der Waals surface area contributed by atoms with Crippen LogP contribution < -0.4 is 5.73 Å². The second kappa shape index (κ2) is 14.1. The third kappa shape index (κ3) is 7.98. The number of nitrogens with zero attached hydrogens (tertiary/aromatic N) is 3. The SMILES string of the molecule is C=C/C=C(\C=C/C)N1CCN(C(=O)C[C@H](N)Cc2ccccc2F)CC1=NC=C.CC. The zero-order chi connectivity index (χ0) is 23.2. The van der Waals surface area contributed by atoms with Gasteiger partial charge in [-0.1, -0.05) is 57.4 Å².